The van der Waals surface area contributed by atoms with Crippen LogP contribution in [0.2, 0.25) is 5.02 Å². The molecule has 0 radical (unpaired) electrons. The minimum Gasteiger partial charge on any atom is -0.486 e. The first-order valence-electron chi connectivity index (χ1n) is 8.81. The van der Waals surface area contributed by atoms with Crippen LogP contribution >= 0.6 is 11.6 Å². The molecule has 24 heavy (non-hydrogen) atoms. The van der Waals surface area contributed by atoms with Crippen molar-refractivity contribution in [1.29, 1.82) is 0 Å². The van der Waals surface area contributed by atoms with Crippen molar-refractivity contribution in [3.8, 4) is 11.5 Å². The molecule has 0 aromatic heterocycles. The molecule has 1 fully saturated rings. The van der Waals surface area contributed by atoms with E-state index in [0.29, 0.717) is 41.5 Å². The Morgan fingerprint density at radius 1 is 1.21 bits per heavy atom. The molecule has 1 aromatic carbocycles. The van der Waals surface area contributed by atoms with E-state index in [2.05, 4.69) is 5.32 Å². The van der Waals surface area contributed by atoms with Gasteiger partial charge in [0, 0.05) is 24.7 Å². The molecule has 1 amide bonds. The van der Waals surface area contributed by atoms with Crippen molar-refractivity contribution in [3.05, 3.63) is 17.2 Å². The molecule has 0 bridgehead atoms. The Kier molecular flexibility index (Phi) is 5.72. The van der Waals surface area contributed by atoms with E-state index in [1.165, 1.54) is 19.3 Å². The predicted octanol–water partition coefficient (Wildman–Crippen LogP) is 3.70. The zero-order valence-corrected chi connectivity index (χ0v) is 14.9. The van der Waals surface area contributed by atoms with Gasteiger partial charge in [-0.3, -0.25) is 4.79 Å². The lowest BCUT2D eigenvalue weighted by Gasteiger charge is -2.33. The van der Waals surface area contributed by atoms with Gasteiger partial charge in [-0.2, -0.15) is 0 Å². The van der Waals surface area contributed by atoms with E-state index in [-0.39, 0.29) is 12.5 Å². The summed E-state index contributed by atoms with van der Waals surface area (Å²) in [4.78, 5) is 14.6. The third-order valence-corrected chi connectivity index (χ3v) is 5.05. The van der Waals surface area contributed by atoms with Crippen molar-refractivity contribution in [3.63, 3.8) is 0 Å². The van der Waals surface area contributed by atoms with Crippen molar-refractivity contribution >= 4 is 23.2 Å². The minimum atomic E-state index is 0.121. The Morgan fingerprint density at radius 2 is 1.88 bits per heavy atom. The van der Waals surface area contributed by atoms with E-state index in [1.807, 2.05) is 11.8 Å². The van der Waals surface area contributed by atoms with Gasteiger partial charge in [-0.05, 0) is 19.8 Å². The van der Waals surface area contributed by atoms with Crippen LogP contribution < -0.4 is 14.8 Å². The Labute approximate surface area is 148 Å². The van der Waals surface area contributed by atoms with Crippen LogP contribution in [0.4, 0.5) is 5.69 Å². The van der Waals surface area contributed by atoms with Gasteiger partial charge in [0.05, 0.1) is 17.3 Å². The van der Waals surface area contributed by atoms with Gasteiger partial charge in [0.2, 0.25) is 5.91 Å². The molecule has 1 aliphatic carbocycles. The molecular formula is C18H25ClN2O3. The van der Waals surface area contributed by atoms with Crippen molar-refractivity contribution in [2.45, 2.75) is 45.1 Å². The van der Waals surface area contributed by atoms with Crippen molar-refractivity contribution in [1.82, 2.24) is 4.90 Å². The lowest BCUT2D eigenvalue weighted by atomic mass is 9.94. The number of anilines is 1. The van der Waals surface area contributed by atoms with Crippen molar-refractivity contribution in [2.75, 3.05) is 31.6 Å². The molecule has 0 atom stereocenters. The first kappa shape index (κ1) is 17.2. The molecule has 3 rings (SSSR count). The number of hydrogen-bond donors (Lipinski definition) is 1. The van der Waals surface area contributed by atoms with Crippen LogP contribution in [0.1, 0.15) is 39.0 Å². The highest BCUT2D eigenvalue weighted by atomic mass is 35.5. The lowest BCUT2D eigenvalue weighted by molar-refractivity contribution is -0.132. The first-order chi connectivity index (χ1) is 11.7. The predicted molar refractivity (Wildman–Crippen MR) is 95.2 cm³/mol. The van der Waals surface area contributed by atoms with E-state index in [0.717, 1.165) is 19.4 Å². The number of fused-ring (bicyclic) bond motifs is 1. The van der Waals surface area contributed by atoms with Gasteiger partial charge >= 0.3 is 0 Å². The van der Waals surface area contributed by atoms with E-state index < -0.39 is 0 Å². The number of halogens is 1. The molecule has 1 aliphatic heterocycles. The van der Waals surface area contributed by atoms with Crippen LogP contribution in [0.3, 0.4) is 0 Å². The maximum absolute atomic E-state index is 12.6. The Hall–Kier alpha value is -1.62. The van der Waals surface area contributed by atoms with Gasteiger partial charge in [0.15, 0.2) is 11.5 Å². The molecule has 0 saturated heterocycles. The fourth-order valence-corrected chi connectivity index (χ4v) is 3.72. The van der Waals surface area contributed by atoms with E-state index in [4.69, 9.17) is 21.1 Å². The molecule has 1 N–H and O–H groups in total. The van der Waals surface area contributed by atoms with Crippen LogP contribution in [-0.2, 0) is 4.79 Å². The summed E-state index contributed by atoms with van der Waals surface area (Å²) >= 11 is 6.28. The summed E-state index contributed by atoms with van der Waals surface area (Å²) in [6, 6.07) is 3.93. The quantitative estimate of drug-likeness (QED) is 0.877. The van der Waals surface area contributed by atoms with Crippen LogP contribution in [0.5, 0.6) is 11.5 Å². The summed E-state index contributed by atoms with van der Waals surface area (Å²) in [5.41, 5.74) is 0.703. The molecule has 132 valence electrons. The molecule has 5 nitrogen and oxygen atoms in total. The second-order valence-electron chi connectivity index (χ2n) is 6.30. The van der Waals surface area contributed by atoms with Crippen LogP contribution in [0.25, 0.3) is 0 Å². The number of likely N-dealkylation sites (N-methyl/N-ethyl adjacent to an activating group) is 1. The van der Waals surface area contributed by atoms with Gasteiger partial charge in [0.1, 0.15) is 13.2 Å². The molecule has 2 aliphatic rings. The normalized spacial score (nSPS) is 17.4. The van der Waals surface area contributed by atoms with E-state index in [1.54, 1.807) is 12.1 Å². The number of hydrogen-bond acceptors (Lipinski definition) is 4. The zero-order chi connectivity index (χ0) is 16.9. The average molecular weight is 353 g/mol. The summed E-state index contributed by atoms with van der Waals surface area (Å²) in [5, 5.41) is 3.69. The van der Waals surface area contributed by atoms with Crippen molar-refractivity contribution in [2.24, 2.45) is 0 Å². The number of amides is 1. The second-order valence-corrected chi connectivity index (χ2v) is 6.71. The fourth-order valence-electron chi connectivity index (χ4n) is 3.50. The Balaban J connectivity index is 1.62. The van der Waals surface area contributed by atoms with Gasteiger partial charge < -0.3 is 19.7 Å². The van der Waals surface area contributed by atoms with E-state index in [9.17, 15) is 4.79 Å². The maximum atomic E-state index is 12.6. The summed E-state index contributed by atoms with van der Waals surface area (Å²) in [6.45, 7) is 4.09. The molecule has 0 unspecified atom stereocenters. The Morgan fingerprint density at radius 3 is 2.54 bits per heavy atom. The fraction of sp³-hybridized carbons (Fsp3) is 0.611. The van der Waals surface area contributed by atoms with Gasteiger partial charge in [0.25, 0.3) is 0 Å². The third-order valence-electron chi connectivity index (χ3n) is 4.74. The van der Waals surface area contributed by atoms with Crippen LogP contribution in [0.15, 0.2) is 12.1 Å². The minimum absolute atomic E-state index is 0.121. The summed E-state index contributed by atoms with van der Waals surface area (Å²) in [6.07, 6.45) is 5.95. The lowest BCUT2D eigenvalue weighted by Crippen LogP contribution is -2.43. The molecule has 1 aromatic rings. The first-order valence-corrected chi connectivity index (χ1v) is 9.19. The highest BCUT2D eigenvalue weighted by molar-refractivity contribution is 6.33. The molecule has 1 saturated carbocycles. The second kappa shape index (κ2) is 7.97. The van der Waals surface area contributed by atoms with Crippen molar-refractivity contribution < 1.29 is 14.3 Å². The maximum Gasteiger partial charge on any atom is 0.242 e. The van der Waals surface area contributed by atoms with Crippen LogP contribution in [0, 0.1) is 0 Å². The van der Waals surface area contributed by atoms with Crippen LogP contribution in [-0.4, -0.2) is 43.2 Å². The summed E-state index contributed by atoms with van der Waals surface area (Å²) in [7, 11) is 0. The number of carbonyl (C=O) groups is 1. The van der Waals surface area contributed by atoms with Gasteiger partial charge in [-0.1, -0.05) is 30.9 Å². The largest absolute Gasteiger partial charge is 0.486 e. The standard InChI is InChI=1S/C18H25ClN2O3/c1-2-21(13-6-4-3-5-7-13)18(22)12-20-15-11-17-16(10-14(15)19)23-8-9-24-17/h10-11,13,20H,2-9,12H2,1H3. The van der Waals surface area contributed by atoms with Gasteiger partial charge in [-0.25, -0.2) is 0 Å². The molecule has 6 heteroatoms. The summed E-state index contributed by atoms with van der Waals surface area (Å²) in [5.74, 6) is 1.44. The number of carbonyl (C=O) groups excluding carboxylic acids is 1. The molecule has 1 heterocycles. The number of benzene rings is 1. The zero-order valence-electron chi connectivity index (χ0n) is 14.1. The average Bonchev–Trinajstić information content (AvgIpc) is 2.61. The topological polar surface area (TPSA) is 50.8 Å². The summed E-state index contributed by atoms with van der Waals surface area (Å²) < 4.78 is 11.1. The smallest absolute Gasteiger partial charge is 0.242 e. The van der Waals surface area contributed by atoms with E-state index >= 15 is 0 Å². The third kappa shape index (κ3) is 3.89. The Bertz CT molecular complexity index is 588. The molecular weight excluding hydrogens is 328 g/mol. The highest BCUT2D eigenvalue weighted by Crippen LogP contribution is 2.37. The highest BCUT2D eigenvalue weighted by Gasteiger charge is 2.24. The number of rotatable bonds is 5. The molecule has 0 spiro atoms. The van der Waals surface area contributed by atoms with Gasteiger partial charge in [-0.15, -0.1) is 0 Å². The monoisotopic (exact) mass is 352 g/mol. The SMILES string of the molecule is CCN(C(=O)CNc1cc2c(cc1Cl)OCCO2)C1CCCCC1. The number of ether oxygens (including phenoxy) is 2. The number of nitrogens with one attached hydrogen (secondary N) is 1. The number of nitrogens with zero attached hydrogens (tertiary/aromatic N) is 1.